The third-order valence-electron chi connectivity index (χ3n) is 3.73. The number of nitrogens with one attached hydrogen (secondary N) is 2. The molecule has 0 bridgehead atoms. The van der Waals surface area contributed by atoms with Crippen molar-refractivity contribution < 1.29 is 9.59 Å². The van der Waals surface area contributed by atoms with E-state index in [4.69, 9.17) is 0 Å². The summed E-state index contributed by atoms with van der Waals surface area (Å²) in [5, 5.41) is 5.55. The average Bonchev–Trinajstić information content (AvgIpc) is 3.00. The van der Waals surface area contributed by atoms with Gasteiger partial charge in [-0.3, -0.25) is 9.59 Å². The molecule has 4 nitrogen and oxygen atoms in total. The Morgan fingerprint density at radius 1 is 1.05 bits per heavy atom. The molecule has 1 aromatic rings. The summed E-state index contributed by atoms with van der Waals surface area (Å²) in [6.07, 6.45) is 4.98. The molecule has 1 aliphatic carbocycles. The number of hydrogen-bond acceptors (Lipinski definition) is 2. The Labute approximate surface area is 119 Å². The highest BCUT2D eigenvalue weighted by Crippen LogP contribution is 2.24. The fourth-order valence-electron chi connectivity index (χ4n) is 2.55. The first-order valence-corrected chi connectivity index (χ1v) is 7.34. The molecule has 0 unspecified atom stereocenters. The molecule has 0 radical (unpaired) electrons. The molecule has 1 saturated carbocycles. The van der Waals surface area contributed by atoms with Gasteiger partial charge in [0.2, 0.25) is 11.8 Å². The molecule has 1 fully saturated rings. The molecular weight excluding hydrogens is 252 g/mol. The van der Waals surface area contributed by atoms with E-state index in [0.717, 1.165) is 32.1 Å². The molecule has 2 amide bonds. The second-order valence-electron chi connectivity index (χ2n) is 5.28. The lowest BCUT2D eigenvalue weighted by Gasteiger charge is -2.10. The van der Waals surface area contributed by atoms with Crippen LogP contribution in [0.5, 0.6) is 0 Å². The quantitative estimate of drug-likeness (QED) is 0.828. The highest BCUT2D eigenvalue weighted by Gasteiger charge is 2.22. The van der Waals surface area contributed by atoms with Gasteiger partial charge < -0.3 is 10.6 Å². The summed E-state index contributed by atoms with van der Waals surface area (Å²) in [5.74, 6) is 0.0279. The van der Waals surface area contributed by atoms with Gasteiger partial charge in [-0.05, 0) is 24.8 Å². The zero-order valence-corrected chi connectivity index (χ0v) is 11.7. The van der Waals surface area contributed by atoms with Crippen LogP contribution in [0, 0.1) is 5.92 Å². The van der Waals surface area contributed by atoms with Crippen molar-refractivity contribution in [3.63, 3.8) is 0 Å². The van der Waals surface area contributed by atoms with Crippen molar-refractivity contribution in [3.05, 3.63) is 35.9 Å². The summed E-state index contributed by atoms with van der Waals surface area (Å²) in [4.78, 5) is 23.4. The van der Waals surface area contributed by atoms with Gasteiger partial charge in [-0.15, -0.1) is 0 Å². The van der Waals surface area contributed by atoms with E-state index in [1.54, 1.807) is 0 Å². The number of benzene rings is 1. The molecule has 1 aromatic carbocycles. The third kappa shape index (κ3) is 4.68. The van der Waals surface area contributed by atoms with Crippen LogP contribution in [-0.2, 0) is 16.0 Å². The van der Waals surface area contributed by atoms with Gasteiger partial charge >= 0.3 is 0 Å². The molecular formula is C16H22N2O2. The van der Waals surface area contributed by atoms with E-state index in [0.29, 0.717) is 6.54 Å². The molecule has 4 heteroatoms. The van der Waals surface area contributed by atoms with E-state index in [1.165, 1.54) is 5.56 Å². The fourth-order valence-corrected chi connectivity index (χ4v) is 2.55. The van der Waals surface area contributed by atoms with Crippen molar-refractivity contribution in [2.75, 3.05) is 13.1 Å². The van der Waals surface area contributed by atoms with E-state index in [2.05, 4.69) is 10.6 Å². The summed E-state index contributed by atoms with van der Waals surface area (Å²) in [6, 6.07) is 10.0. The van der Waals surface area contributed by atoms with E-state index < -0.39 is 0 Å². The smallest absolute Gasteiger partial charge is 0.239 e. The average molecular weight is 274 g/mol. The molecule has 0 heterocycles. The minimum atomic E-state index is -0.118. The zero-order valence-electron chi connectivity index (χ0n) is 11.7. The summed E-state index contributed by atoms with van der Waals surface area (Å²) >= 11 is 0. The first-order chi connectivity index (χ1) is 9.75. The third-order valence-corrected chi connectivity index (χ3v) is 3.73. The van der Waals surface area contributed by atoms with Crippen LogP contribution in [0.3, 0.4) is 0 Å². The predicted molar refractivity (Wildman–Crippen MR) is 78.1 cm³/mol. The first-order valence-electron chi connectivity index (χ1n) is 7.34. The number of rotatable bonds is 6. The van der Waals surface area contributed by atoms with E-state index in [-0.39, 0.29) is 24.3 Å². The maximum Gasteiger partial charge on any atom is 0.239 e. The molecule has 2 rings (SSSR count). The maximum absolute atomic E-state index is 11.8. The lowest BCUT2D eigenvalue weighted by molar-refractivity contribution is -0.128. The topological polar surface area (TPSA) is 58.2 Å². The van der Waals surface area contributed by atoms with Gasteiger partial charge in [0.1, 0.15) is 0 Å². The van der Waals surface area contributed by atoms with Crippen LogP contribution < -0.4 is 10.6 Å². The molecule has 0 spiro atoms. The Hall–Kier alpha value is -1.84. The Morgan fingerprint density at radius 3 is 2.45 bits per heavy atom. The van der Waals surface area contributed by atoms with Gasteiger partial charge in [0.15, 0.2) is 0 Å². The summed E-state index contributed by atoms with van der Waals surface area (Å²) in [7, 11) is 0. The SMILES string of the molecule is O=C(CNC(=O)C1CCCC1)NCCc1ccccc1. The number of amides is 2. The largest absolute Gasteiger partial charge is 0.354 e. The van der Waals surface area contributed by atoms with Gasteiger partial charge in [-0.25, -0.2) is 0 Å². The van der Waals surface area contributed by atoms with Gasteiger partial charge in [0, 0.05) is 12.5 Å². The molecule has 108 valence electrons. The molecule has 20 heavy (non-hydrogen) atoms. The van der Waals surface area contributed by atoms with E-state index in [9.17, 15) is 9.59 Å². The molecule has 0 aliphatic heterocycles. The summed E-state index contributed by atoms with van der Waals surface area (Å²) in [6.45, 7) is 0.687. The number of carbonyl (C=O) groups is 2. The highest BCUT2D eigenvalue weighted by molar-refractivity contribution is 5.85. The van der Waals surface area contributed by atoms with Crippen LogP contribution in [0.15, 0.2) is 30.3 Å². The first kappa shape index (κ1) is 14.6. The standard InChI is InChI=1S/C16H22N2O2/c19-15(12-18-16(20)14-8-4-5-9-14)17-11-10-13-6-2-1-3-7-13/h1-3,6-7,14H,4-5,8-12H2,(H,17,19)(H,18,20). The van der Waals surface area contributed by atoms with Gasteiger partial charge in [0.05, 0.1) is 6.54 Å². The Kier molecular flexibility index (Phi) is 5.59. The predicted octanol–water partition coefficient (Wildman–Crippen LogP) is 1.65. The molecule has 2 N–H and O–H groups in total. The van der Waals surface area contributed by atoms with E-state index in [1.807, 2.05) is 30.3 Å². The van der Waals surface area contributed by atoms with Crippen LogP contribution in [0.2, 0.25) is 0 Å². The summed E-state index contributed by atoms with van der Waals surface area (Å²) in [5.41, 5.74) is 1.20. The number of hydrogen-bond donors (Lipinski definition) is 2. The van der Waals surface area contributed by atoms with Crippen molar-refractivity contribution >= 4 is 11.8 Å². The van der Waals surface area contributed by atoms with Crippen LogP contribution in [0.1, 0.15) is 31.2 Å². The highest BCUT2D eigenvalue weighted by atomic mass is 16.2. The lowest BCUT2D eigenvalue weighted by Crippen LogP contribution is -2.39. The molecule has 1 aliphatic rings. The van der Waals surface area contributed by atoms with Crippen molar-refractivity contribution in [1.29, 1.82) is 0 Å². The van der Waals surface area contributed by atoms with Gasteiger partial charge in [0.25, 0.3) is 0 Å². The second kappa shape index (κ2) is 7.68. The Balaban J connectivity index is 1.59. The molecule has 0 atom stereocenters. The fraction of sp³-hybridized carbons (Fsp3) is 0.500. The lowest BCUT2D eigenvalue weighted by atomic mass is 10.1. The van der Waals surface area contributed by atoms with Gasteiger partial charge in [-0.2, -0.15) is 0 Å². The van der Waals surface area contributed by atoms with Crippen molar-refractivity contribution in [2.24, 2.45) is 5.92 Å². The summed E-state index contributed by atoms with van der Waals surface area (Å²) < 4.78 is 0. The van der Waals surface area contributed by atoms with Crippen molar-refractivity contribution in [2.45, 2.75) is 32.1 Å². The second-order valence-corrected chi connectivity index (χ2v) is 5.28. The van der Waals surface area contributed by atoms with Crippen molar-refractivity contribution in [1.82, 2.24) is 10.6 Å². The van der Waals surface area contributed by atoms with Crippen LogP contribution >= 0.6 is 0 Å². The minimum absolute atomic E-state index is 0.0284. The normalized spacial score (nSPS) is 15.0. The Bertz CT molecular complexity index is 439. The van der Waals surface area contributed by atoms with Crippen LogP contribution in [0.25, 0.3) is 0 Å². The van der Waals surface area contributed by atoms with Crippen LogP contribution in [0.4, 0.5) is 0 Å². The Morgan fingerprint density at radius 2 is 1.75 bits per heavy atom. The van der Waals surface area contributed by atoms with Gasteiger partial charge in [-0.1, -0.05) is 43.2 Å². The minimum Gasteiger partial charge on any atom is -0.354 e. The molecule has 0 aromatic heterocycles. The monoisotopic (exact) mass is 274 g/mol. The zero-order chi connectivity index (χ0) is 14.2. The molecule has 0 saturated heterocycles. The number of carbonyl (C=O) groups excluding carboxylic acids is 2. The van der Waals surface area contributed by atoms with E-state index >= 15 is 0 Å². The van der Waals surface area contributed by atoms with Crippen molar-refractivity contribution in [3.8, 4) is 0 Å². The maximum atomic E-state index is 11.8. The van der Waals surface area contributed by atoms with Crippen LogP contribution in [-0.4, -0.2) is 24.9 Å².